The maximum absolute atomic E-state index is 5.65. The Balaban J connectivity index is 2.36. The van der Waals surface area contributed by atoms with Crippen LogP contribution in [0, 0.1) is 20.8 Å². The molecule has 2 aromatic rings. The van der Waals surface area contributed by atoms with E-state index in [-0.39, 0.29) is 5.28 Å². The fourth-order valence-electron chi connectivity index (χ4n) is 1.54. The summed E-state index contributed by atoms with van der Waals surface area (Å²) in [4.78, 5) is 3.94. The zero-order chi connectivity index (χ0) is 12.4. The van der Waals surface area contributed by atoms with Crippen molar-refractivity contribution in [2.45, 2.75) is 20.8 Å². The minimum atomic E-state index is 0.0736. The average Bonchev–Trinajstić information content (AvgIpc) is 2.25. The van der Waals surface area contributed by atoms with Gasteiger partial charge in [-0.2, -0.15) is 10.1 Å². The van der Waals surface area contributed by atoms with E-state index in [1.807, 2.05) is 26.8 Å². The average molecular weight is 250 g/mol. The van der Waals surface area contributed by atoms with Crippen molar-refractivity contribution in [3.63, 3.8) is 0 Å². The van der Waals surface area contributed by atoms with Crippen molar-refractivity contribution in [1.82, 2.24) is 15.2 Å². The van der Waals surface area contributed by atoms with E-state index in [2.05, 4.69) is 21.2 Å². The summed E-state index contributed by atoms with van der Waals surface area (Å²) in [5.74, 6) is 1.11. The SMILES string of the molecule is Cc1cc(C)c(C)c(Oc2cnnc(Cl)n2)c1. The van der Waals surface area contributed by atoms with E-state index in [1.54, 1.807) is 0 Å². The topological polar surface area (TPSA) is 47.9 Å². The van der Waals surface area contributed by atoms with Crippen LogP contribution in [0.25, 0.3) is 0 Å². The van der Waals surface area contributed by atoms with Gasteiger partial charge in [-0.1, -0.05) is 6.07 Å². The molecule has 0 atom stereocenters. The molecule has 0 aliphatic rings. The number of aryl methyl sites for hydroxylation is 2. The van der Waals surface area contributed by atoms with E-state index in [0.717, 1.165) is 16.9 Å². The summed E-state index contributed by atoms with van der Waals surface area (Å²) < 4.78 is 5.65. The maximum Gasteiger partial charge on any atom is 0.246 e. The Hall–Kier alpha value is -1.68. The van der Waals surface area contributed by atoms with E-state index in [4.69, 9.17) is 16.3 Å². The molecule has 1 aromatic heterocycles. The summed E-state index contributed by atoms with van der Waals surface area (Å²) in [6.45, 7) is 6.06. The van der Waals surface area contributed by atoms with E-state index >= 15 is 0 Å². The molecule has 0 N–H and O–H groups in total. The smallest absolute Gasteiger partial charge is 0.246 e. The molecule has 88 valence electrons. The third-order valence-electron chi connectivity index (χ3n) is 2.49. The van der Waals surface area contributed by atoms with Gasteiger partial charge in [-0.25, -0.2) is 0 Å². The van der Waals surface area contributed by atoms with Crippen molar-refractivity contribution in [3.8, 4) is 11.6 Å². The van der Waals surface area contributed by atoms with Crippen molar-refractivity contribution in [1.29, 1.82) is 0 Å². The van der Waals surface area contributed by atoms with Crippen LogP contribution >= 0.6 is 11.6 Å². The molecule has 4 nitrogen and oxygen atoms in total. The van der Waals surface area contributed by atoms with Crippen molar-refractivity contribution in [2.75, 3.05) is 0 Å². The second-order valence-electron chi connectivity index (χ2n) is 3.87. The summed E-state index contributed by atoms with van der Waals surface area (Å²) in [5, 5.41) is 7.32. The lowest BCUT2D eigenvalue weighted by atomic mass is 10.1. The standard InChI is InChI=1S/C12H12ClN3O/c1-7-4-8(2)9(3)10(5-7)17-11-6-14-16-12(13)15-11/h4-6H,1-3H3. The first kappa shape index (κ1) is 11.8. The fourth-order valence-corrected chi connectivity index (χ4v) is 1.66. The van der Waals surface area contributed by atoms with Gasteiger partial charge < -0.3 is 4.74 Å². The second-order valence-corrected chi connectivity index (χ2v) is 4.21. The summed E-state index contributed by atoms with van der Waals surface area (Å²) in [6, 6.07) is 4.06. The van der Waals surface area contributed by atoms with Gasteiger partial charge in [0, 0.05) is 0 Å². The van der Waals surface area contributed by atoms with Crippen LogP contribution < -0.4 is 4.74 Å². The van der Waals surface area contributed by atoms with Gasteiger partial charge in [0.1, 0.15) is 11.9 Å². The van der Waals surface area contributed by atoms with Gasteiger partial charge in [0.05, 0.1) is 0 Å². The van der Waals surface area contributed by atoms with Gasteiger partial charge in [0.2, 0.25) is 11.2 Å². The molecule has 5 heteroatoms. The highest BCUT2D eigenvalue weighted by molar-refractivity contribution is 6.28. The largest absolute Gasteiger partial charge is 0.437 e. The molecule has 0 fully saturated rings. The second kappa shape index (κ2) is 4.67. The van der Waals surface area contributed by atoms with Crippen molar-refractivity contribution in [3.05, 3.63) is 40.3 Å². The predicted octanol–water partition coefficient (Wildman–Crippen LogP) is 3.24. The Kier molecular flexibility index (Phi) is 3.24. The normalized spacial score (nSPS) is 10.4. The van der Waals surface area contributed by atoms with Crippen LogP contribution in [0.1, 0.15) is 16.7 Å². The van der Waals surface area contributed by atoms with Crippen LogP contribution in [0.2, 0.25) is 5.28 Å². The van der Waals surface area contributed by atoms with Crippen molar-refractivity contribution < 1.29 is 4.74 Å². The van der Waals surface area contributed by atoms with E-state index in [1.165, 1.54) is 11.8 Å². The fraction of sp³-hybridized carbons (Fsp3) is 0.250. The maximum atomic E-state index is 5.65. The molecule has 0 saturated carbocycles. The lowest BCUT2D eigenvalue weighted by Gasteiger charge is -2.10. The van der Waals surface area contributed by atoms with Crippen LogP contribution in [0.4, 0.5) is 0 Å². The molecule has 2 rings (SSSR count). The van der Waals surface area contributed by atoms with Crippen LogP contribution in [0.15, 0.2) is 18.3 Å². The number of ether oxygens (including phenoxy) is 1. The van der Waals surface area contributed by atoms with Crippen molar-refractivity contribution in [2.24, 2.45) is 0 Å². The Bertz CT molecular complexity index is 557. The van der Waals surface area contributed by atoms with Crippen LogP contribution in [0.5, 0.6) is 11.6 Å². The predicted molar refractivity (Wildman–Crippen MR) is 65.6 cm³/mol. The highest BCUT2D eigenvalue weighted by Gasteiger charge is 2.07. The lowest BCUT2D eigenvalue weighted by Crippen LogP contribution is -1.95. The summed E-state index contributed by atoms with van der Waals surface area (Å²) >= 11 is 5.65. The number of aromatic nitrogens is 3. The summed E-state index contributed by atoms with van der Waals surface area (Å²) in [7, 11) is 0. The van der Waals surface area contributed by atoms with Gasteiger partial charge in [-0.05, 0) is 55.1 Å². The van der Waals surface area contributed by atoms with Gasteiger partial charge in [-0.15, -0.1) is 5.10 Å². The van der Waals surface area contributed by atoms with Gasteiger partial charge >= 0.3 is 0 Å². The first-order chi connectivity index (χ1) is 8.06. The monoisotopic (exact) mass is 249 g/mol. The van der Waals surface area contributed by atoms with Crippen molar-refractivity contribution >= 4 is 11.6 Å². The number of rotatable bonds is 2. The van der Waals surface area contributed by atoms with Crippen LogP contribution in [-0.2, 0) is 0 Å². The van der Waals surface area contributed by atoms with E-state index in [0.29, 0.717) is 5.88 Å². The molecule has 0 saturated heterocycles. The van der Waals surface area contributed by atoms with Gasteiger partial charge in [0.15, 0.2) is 0 Å². The number of hydrogen-bond donors (Lipinski definition) is 0. The molecule has 0 aliphatic carbocycles. The minimum Gasteiger partial charge on any atom is -0.437 e. The van der Waals surface area contributed by atoms with Gasteiger partial charge in [-0.3, -0.25) is 0 Å². The number of hydrogen-bond acceptors (Lipinski definition) is 4. The Morgan fingerprint density at radius 3 is 2.65 bits per heavy atom. The molecule has 17 heavy (non-hydrogen) atoms. The Morgan fingerprint density at radius 2 is 1.94 bits per heavy atom. The van der Waals surface area contributed by atoms with E-state index < -0.39 is 0 Å². The molecular formula is C12H12ClN3O. The van der Waals surface area contributed by atoms with Crippen LogP contribution in [-0.4, -0.2) is 15.2 Å². The first-order valence-corrected chi connectivity index (χ1v) is 5.55. The highest BCUT2D eigenvalue weighted by atomic mass is 35.5. The number of benzene rings is 1. The Labute approximate surface area is 105 Å². The molecule has 0 aliphatic heterocycles. The van der Waals surface area contributed by atoms with Crippen LogP contribution in [0.3, 0.4) is 0 Å². The van der Waals surface area contributed by atoms with Gasteiger partial charge in [0.25, 0.3) is 0 Å². The quantitative estimate of drug-likeness (QED) is 0.820. The number of halogens is 1. The third kappa shape index (κ3) is 2.71. The first-order valence-electron chi connectivity index (χ1n) is 5.17. The zero-order valence-electron chi connectivity index (χ0n) is 9.86. The third-order valence-corrected chi connectivity index (χ3v) is 2.65. The molecule has 0 radical (unpaired) electrons. The highest BCUT2D eigenvalue weighted by Crippen LogP contribution is 2.27. The molecular weight excluding hydrogens is 238 g/mol. The molecule has 0 unspecified atom stereocenters. The number of nitrogens with zero attached hydrogens (tertiary/aromatic N) is 3. The Morgan fingerprint density at radius 1 is 1.18 bits per heavy atom. The molecule has 1 heterocycles. The summed E-state index contributed by atoms with van der Waals surface area (Å²) in [5.41, 5.74) is 3.38. The molecule has 0 spiro atoms. The lowest BCUT2D eigenvalue weighted by molar-refractivity contribution is 0.453. The zero-order valence-corrected chi connectivity index (χ0v) is 10.6. The van der Waals surface area contributed by atoms with E-state index in [9.17, 15) is 0 Å². The minimum absolute atomic E-state index is 0.0736. The molecule has 1 aromatic carbocycles. The summed E-state index contributed by atoms with van der Waals surface area (Å²) in [6.07, 6.45) is 1.43. The molecule has 0 bridgehead atoms. The molecule has 0 amide bonds.